The van der Waals surface area contributed by atoms with Crippen molar-refractivity contribution in [1.29, 1.82) is 0 Å². The Labute approximate surface area is 109 Å². The summed E-state index contributed by atoms with van der Waals surface area (Å²) in [7, 11) is 0. The van der Waals surface area contributed by atoms with Gasteiger partial charge in [0.05, 0.1) is 5.41 Å². The van der Waals surface area contributed by atoms with Gasteiger partial charge in [-0.3, -0.25) is 4.79 Å². The van der Waals surface area contributed by atoms with Crippen molar-refractivity contribution >= 4 is 5.97 Å². The molecule has 2 nitrogen and oxygen atoms in total. The lowest BCUT2D eigenvalue weighted by Crippen LogP contribution is -2.31. The fourth-order valence-corrected chi connectivity index (χ4v) is 2.43. The molecule has 0 spiro atoms. The number of benzene rings is 1. The number of ether oxygens (including phenoxy) is 1. The summed E-state index contributed by atoms with van der Waals surface area (Å²) >= 11 is 0. The summed E-state index contributed by atoms with van der Waals surface area (Å²) in [5, 5.41) is 0. The van der Waals surface area contributed by atoms with E-state index in [9.17, 15) is 4.79 Å². The molecule has 0 amide bonds. The second-order valence-electron chi connectivity index (χ2n) is 6.66. The highest BCUT2D eigenvalue weighted by atomic mass is 16.6. The predicted molar refractivity (Wildman–Crippen MR) is 72.1 cm³/mol. The zero-order valence-corrected chi connectivity index (χ0v) is 11.9. The van der Waals surface area contributed by atoms with Crippen LogP contribution in [0.1, 0.15) is 46.6 Å². The monoisotopic (exact) mass is 246 g/mol. The normalized spacial score (nSPS) is 25.6. The molecule has 0 N–H and O–H groups in total. The molecule has 1 aromatic carbocycles. The fourth-order valence-electron chi connectivity index (χ4n) is 2.43. The molecule has 18 heavy (non-hydrogen) atoms. The Balaban J connectivity index is 2.13. The summed E-state index contributed by atoms with van der Waals surface area (Å²) in [6, 6.07) is 9.88. The summed E-state index contributed by atoms with van der Waals surface area (Å²) in [5.74, 6) is -0.0821. The van der Waals surface area contributed by atoms with Gasteiger partial charge >= 0.3 is 5.97 Å². The molecule has 1 unspecified atom stereocenters. The first-order valence-electron chi connectivity index (χ1n) is 6.48. The smallest absolute Gasteiger partial charge is 0.313 e. The van der Waals surface area contributed by atoms with Crippen LogP contribution in [0.2, 0.25) is 0 Å². The molecular formula is C16H22O2. The summed E-state index contributed by atoms with van der Waals surface area (Å²) < 4.78 is 5.75. The van der Waals surface area contributed by atoms with E-state index >= 15 is 0 Å². The van der Waals surface area contributed by atoms with Gasteiger partial charge in [0, 0.05) is 0 Å². The average molecular weight is 246 g/mol. The van der Waals surface area contributed by atoms with E-state index < -0.39 is 5.60 Å². The van der Waals surface area contributed by atoms with Crippen molar-refractivity contribution < 1.29 is 9.53 Å². The summed E-state index contributed by atoms with van der Waals surface area (Å²) in [6.45, 7) is 10.1. The van der Waals surface area contributed by atoms with Gasteiger partial charge in [-0.25, -0.2) is 0 Å². The lowest BCUT2D eigenvalue weighted by atomic mass is 9.95. The minimum Gasteiger partial charge on any atom is -0.454 e. The Kier molecular flexibility index (Phi) is 2.80. The van der Waals surface area contributed by atoms with E-state index in [0.29, 0.717) is 0 Å². The minimum absolute atomic E-state index is 0.0663. The van der Waals surface area contributed by atoms with Crippen LogP contribution in [-0.2, 0) is 15.1 Å². The van der Waals surface area contributed by atoms with Gasteiger partial charge in [0.25, 0.3) is 0 Å². The average Bonchev–Trinajstić information content (AvgIpc) is 2.80. The van der Waals surface area contributed by atoms with E-state index in [-0.39, 0.29) is 16.8 Å². The maximum Gasteiger partial charge on any atom is 0.313 e. The number of hydrogen-bond donors (Lipinski definition) is 0. The standard InChI is InChI=1S/C16H22O2/c1-14(2)11-16(14,5)13(17)18-15(3,4)12-9-7-6-8-10-12/h6-10H,11H2,1-5H3. The Morgan fingerprint density at radius 2 is 1.67 bits per heavy atom. The van der Waals surface area contributed by atoms with Gasteiger partial charge in [0.1, 0.15) is 5.60 Å². The van der Waals surface area contributed by atoms with Crippen LogP contribution in [-0.4, -0.2) is 5.97 Å². The molecule has 1 aliphatic carbocycles. The number of carbonyl (C=O) groups excluding carboxylic acids is 1. The number of esters is 1. The molecule has 0 heterocycles. The molecule has 1 aliphatic rings. The maximum atomic E-state index is 12.3. The van der Waals surface area contributed by atoms with Crippen molar-refractivity contribution in [3.8, 4) is 0 Å². The highest BCUT2D eigenvalue weighted by Gasteiger charge is 2.64. The van der Waals surface area contributed by atoms with Crippen molar-refractivity contribution in [3.63, 3.8) is 0 Å². The van der Waals surface area contributed by atoms with Gasteiger partial charge in [0.2, 0.25) is 0 Å². The van der Waals surface area contributed by atoms with Crippen LogP contribution in [0, 0.1) is 10.8 Å². The molecule has 98 valence electrons. The summed E-state index contributed by atoms with van der Waals surface area (Å²) in [4.78, 5) is 12.3. The first kappa shape index (κ1) is 13.1. The molecule has 2 rings (SSSR count). The van der Waals surface area contributed by atoms with Gasteiger partial charge in [-0.15, -0.1) is 0 Å². The zero-order valence-electron chi connectivity index (χ0n) is 11.9. The third kappa shape index (κ3) is 2.05. The van der Waals surface area contributed by atoms with Crippen molar-refractivity contribution in [1.82, 2.24) is 0 Å². The second-order valence-corrected chi connectivity index (χ2v) is 6.66. The molecule has 1 fully saturated rings. The van der Waals surface area contributed by atoms with Crippen LogP contribution < -0.4 is 0 Å². The Hall–Kier alpha value is -1.31. The van der Waals surface area contributed by atoms with E-state index in [2.05, 4.69) is 13.8 Å². The van der Waals surface area contributed by atoms with Crippen LogP contribution in [0.15, 0.2) is 30.3 Å². The maximum absolute atomic E-state index is 12.3. The van der Waals surface area contributed by atoms with Crippen molar-refractivity contribution in [2.75, 3.05) is 0 Å². The molecule has 1 atom stereocenters. The van der Waals surface area contributed by atoms with Gasteiger partial charge < -0.3 is 4.74 Å². The quantitative estimate of drug-likeness (QED) is 0.756. The second kappa shape index (κ2) is 3.84. The minimum atomic E-state index is -0.569. The molecule has 0 aliphatic heterocycles. The van der Waals surface area contributed by atoms with Crippen LogP contribution in [0.4, 0.5) is 0 Å². The van der Waals surface area contributed by atoms with Crippen LogP contribution in [0.5, 0.6) is 0 Å². The first-order chi connectivity index (χ1) is 8.19. The van der Waals surface area contributed by atoms with E-state index in [4.69, 9.17) is 4.74 Å². The Morgan fingerprint density at radius 1 is 1.17 bits per heavy atom. The van der Waals surface area contributed by atoms with Gasteiger partial charge in [-0.1, -0.05) is 44.2 Å². The third-order valence-electron chi connectivity index (χ3n) is 4.43. The SMILES string of the molecule is CC(C)(OC(=O)C1(C)CC1(C)C)c1ccccc1. The molecule has 0 aromatic heterocycles. The Bertz CT molecular complexity index is 459. The van der Waals surface area contributed by atoms with Crippen molar-refractivity contribution in [2.24, 2.45) is 10.8 Å². The van der Waals surface area contributed by atoms with Crippen molar-refractivity contribution in [3.05, 3.63) is 35.9 Å². The topological polar surface area (TPSA) is 26.3 Å². The number of rotatable bonds is 3. The van der Waals surface area contributed by atoms with E-state index in [1.54, 1.807) is 0 Å². The molecule has 2 heteroatoms. The number of hydrogen-bond acceptors (Lipinski definition) is 2. The van der Waals surface area contributed by atoms with E-state index in [1.165, 1.54) is 0 Å². The van der Waals surface area contributed by atoms with Crippen LogP contribution >= 0.6 is 0 Å². The molecule has 0 bridgehead atoms. The fraction of sp³-hybridized carbons (Fsp3) is 0.562. The highest BCUT2D eigenvalue weighted by Crippen LogP contribution is 2.64. The molecule has 1 saturated carbocycles. The first-order valence-corrected chi connectivity index (χ1v) is 6.48. The third-order valence-corrected chi connectivity index (χ3v) is 4.43. The Morgan fingerprint density at radius 3 is 2.11 bits per heavy atom. The van der Waals surface area contributed by atoms with E-state index in [1.807, 2.05) is 51.1 Å². The summed E-state index contributed by atoms with van der Waals surface area (Å²) in [6.07, 6.45) is 0.906. The van der Waals surface area contributed by atoms with Crippen LogP contribution in [0.25, 0.3) is 0 Å². The van der Waals surface area contributed by atoms with Gasteiger partial charge in [-0.2, -0.15) is 0 Å². The van der Waals surface area contributed by atoms with Gasteiger partial charge in [-0.05, 0) is 38.2 Å². The molecular weight excluding hydrogens is 224 g/mol. The molecule has 1 aromatic rings. The van der Waals surface area contributed by atoms with E-state index in [0.717, 1.165) is 12.0 Å². The zero-order chi connectivity index (χ0) is 13.6. The number of carbonyl (C=O) groups is 1. The lowest BCUT2D eigenvalue weighted by molar-refractivity contribution is -0.165. The van der Waals surface area contributed by atoms with Crippen molar-refractivity contribution in [2.45, 2.75) is 46.6 Å². The van der Waals surface area contributed by atoms with Gasteiger partial charge in [0.15, 0.2) is 0 Å². The van der Waals surface area contributed by atoms with Crippen LogP contribution in [0.3, 0.4) is 0 Å². The largest absolute Gasteiger partial charge is 0.454 e. The molecule has 0 saturated heterocycles. The lowest BCUT2D eigenvalue weighted by Gasteiger charge is -2.28. The predicted octanol–water partition coefficient (Wildman–Crippen LogP) is 3.90. The molecule has 0 radical (unpaired) electrons. The summed E-state index contributed by atoms with van der Waals surface area (Å²) in [5.41, 5.74) is 0.205. The highest BCUT2D eigenvalue weighted by molar-refractivity contribution is 5.81.